The molecule has 1 spiro atoms. The summed E-state index contributed by atoms with van der Waals surface area (Å²) in [5.41, 5.74) is 0.405. The molecule has 5 heteroatoms. The van der Waals surface area contributed by atoms with Crippen molar-refractivity contribution in [1.29, 1.82) is 0 Å². The summed E-state index contributed by atoms with van der Waals surface area (Å²) in [6.07, 6.45) is 9.30. The standard InChI is InChI=1S/C15H13NO4/c17-14(11-3-5-13(6-4-11)16(18)19)20-10-12-9-15(12)7-1-2-8-15/h1-8,12H,9-10H2/t12-/m0/s1. The predicted octanol–water partition coefficient (Wildman–Crippen LogP) is 2.88. The van der Waals surface area contributed by atoms with Crippen LogP contribution >= 0.6 is 0 Å². The van der Waals surface area contributed by atoms with Crippen molar-refractivity contribution in [2.45, 2.75) is 6.42 Å². The summed E-state index contributed by atoms with van der Waals surface area (Å²) >= 11 is 0. The number of nitro benzene ring substituents is 1. The van der Waals surface area contributed by atoms with Crippen LogP contribution in [0.3, 0.4) is 0 Å². The molecule has 0 aliphatic heterocycles. The summed E-state index contributed by atoms with van der Waals surface area (Å²) < 4.78 is 5.26. The van der Waals surface area contributed by atoms with E-state index in [2.05, 4.69) is 12.2 Å². The molecule has 1 atom stereocenters. The highest BCUT2D eigenvalue weighted by Gasteiger charge is 2.51. The van der Waals surface area contributed by atoms with Crippen molar-refractivity contribution < 1.29 is 14.5 Å². The molecule has 102 valence electrons. The molecule has 20 heavy (non-hydrogen) atoms. The molecule has 0 radical (unpaired) electrons. The molecule has 5 nitrogen and oxygen atoms in total. The Morgan fingerprint density at radius 2 is 1.95 bits per heavy atom. The fourth-order valence-corrected chi connectivity index (χ4v) is 2.49. The predicted molar refractivity (Wildman–Crippen MR) is 72.2 cm³/mol. The van der Waals surface area contributed by atoms with Crippen molar-refractivity contribution in [2.75, 3.05) is 6.61 Å². The maximum Gasteiger partial charge on any atom is 0.338 e. The summed E-state index contributed by atoms with van der Waals surface area (Å²) in [7, 11) is 0. The Balaban J connectivity index is 1.56. The Morgan fingerprint density at radius 1 is 1.30 bits per heavy atom. The minimum Gasteiger partial charge on any atom is -0.462 e. The molecule has 1 aromatic rings. The molecule has 0 unspecified atom stereocenters. The number of esters is 1. The Bertz CT molecular complexity index is 603. The number of carbonyl (C=O) groups is 1. The maximum absolute atomic E-state index is 11.8. The van der Waals surface area contributed by atoms with E-state index in [0.717, 1.165) is 6.42 Å². The van der Waals surface area contributed by atoms with Crippen molar-refractivity contribution >= 4 is 11.7 Å². The Labute approximate surface area is 115 Å². The van der Waals surface area contributed by atoms with Crippen LogP contribution in [0, 0.1) is 21.4 Å². The second-order valence-corrected chi connectivity index (χ2v) is 5.13. The van der Waals surface area contributed by atoms with Gasteiger partial charge in [-0.3, -0.25) is 10.1 Å². The van der Waals surface area contributed by atoms with E-state index >= 15 is 0 Å². The maximum atomic E-state index is 11.8. The molecule has 0 aromatic heterocycles. The van der Waals surface area contributed by atoms with Crippen LogP contribution in [0.2, 0.25) is 0 Å². The van der Waals surface area contributed by atoms with E-state index in [1.807, 2.05) is 12.2 Å². The SMILES string of the molecule is O=C(OC[C@@H]1CC12C=CC=C2)c1ccc([N+](=O)[O-])cc1. The van der Waals surface area contributed by atoms with Gasteiger partial charge in [-0.1, -0.05) is 24.3 Å². The van der Waals surface area contributed by atoms with Crippen LogP contribution in [0.5, 0.6) is 0 Å². The third-order valence-electron chi connectivity index (χ3n) is 3.85. The van der Waals surface area contributed by atoms with E-state index in [-0.39, 0.29) is 11.1 Å². The molecule has 0 N–H and O–H groups in total. The number of hydrogen-bond donors (Lipinski definition) is 0. The number of non-ortho nitro benzene ring substituents is 1. The lowest BCUT2D eigenvalue weighted by molar-refractivity contribution is -0.384. The smallest absolute Gasteiger partial charge is 0.338 e. The molecule has 0 bridgehead atoms. The minimum atomic E-state index is -0.498. The highest BCUT2D eigenvalue weighted by atomic mass is 16.6. The van der Waals surface area contributed by atoms with E-state index in [9.17, 15) is 14.9 Å². The van der Waals surface area contributed by atoms with E-state index < -0.39 is 10.9 Å². The Morgan fingerprint density at radius 3 is 2.55 bits per heavy atom. The number of hydrogen-bond acceptors (Lipinski definition) is 4. The van der Waals surface area contributed by atoms with Gasteiger partial charge >= 0.3 is 5.97 Å². The minimum absolute atomic E-state index is 0.0380. The van der Waals surface area contributed by atoms with Crippen LogP contribution in [0.25, 0.3) is 0 Å². The van der Waals surface area contributed by atoms with Crippen LogP contribution in [-0.2, 0) is 4.74 Å². The summed E-state index contributed by atoms with van der Waals surface area (Å²) in [6.45, 7) is 0.379. The molecule has 0 amide bonds. The first kappa shape index (κ1) is 12.6. The van der Waals surface area contributed by atoms with Gasteiger partial charge in [0.15, 0.2) is 0 Å². The van der Waals surface area contributed by atoms with Crippen molar-refractivity contribution in [3.05, 3.63) is 64.2 Å². The number of rotatable bonds is 4. The normalized spacial score (nSPS) is 21.1. The number of nitro groups is 1. The van der Waals surface area contributed by atoms with Crippen LogP contribution in [0.1, 0.15) is 16.8 Å². The third-order valence-corrected chi connectivity index (χ3v) is 3.85. The fourth-order valence-electron chi connectivity index (χ4n) is 2.49. The van der Waals surface area contributed by atoms with Gasteiger partial charge in [0.2, 0.25) is 0 Å². The van der Waals surface area contributed by atoms with Gasteiger partial charge in [-0.25, -0.2) is 4.79 Å². The number of benzene rings is 1. The van der Waals surface area contributed by atoms with Crippen LogP contribution < -0.4 is 0 Å². The van der Waals surface area contributed by atoms with E-state index in [1.165, 1.54) is 24.3 Å². The highest BCUT2D eigenvalue weighted by Crippen LogP contribution is 2.56. The lowest BCUT2D eigenvalue weighted by Gasteiger charge is -2.06. The molecule has 3 rings (SSSR count). The van der Waals surface area contributed by atoms with E-state index in [4.69, 9.17) is 4.74 Å². The monoisotopic (exact) mass is 271 g/mol. The zero-order chi connectivity index (χ0) is 14.2. The Hall–Kier alpha value is -2.43. The third kappa shape index (κ3) is 2.22. The number of carbonyl (C=O) groups excluding carboxylic acids is 1. The quantitative estimate of drug-likeness (QED) is 0.479. The largest absolute Gasteiger partial charge is 0.462 e. The first-order chi connectivity index (χ1) is 9.61. The van der Waals surface area contributed by atoms with Crippen LogP contribution in [0.4, 0.5) is 5.69 Å². The molecular weight excluding hydrogens is 258 g/mol. The molecular formula is C15H13NO4. The summed E-state index contributed by atoms with van der Waals surface area (Å²) in [6, 6.07) is 5.44. The van der Waals surface area contributed by atoms with Gasteiger partial charge in [0.25, 0.3) is 5.69 Å². The zero-order valence-corrected chi connectivity index (χ0v) is 10.7. The lowest BCUT2D eigenvalue weighted by atomic mass is 10.1. The number of ether oxygens (including phenoxy) is 1. The van der Waals surface area contributed by atoms with Crippen LogP contribution in [0.15, 0.2) is 48.6 Å². The summed E-state index contributed by atoms with van der Waals surface area (Å²) in [5, 5.41) is 10.5. The zero-order valence-electron chi connectivity index (χ0n) is 10.7. The molecule has 2 aliphatic rings. The van der Waals surface area contributed by atoms with Gasteiger partial charge in [0.05, 0.1) is 17.1 Å². The molecule has 1 saturated carbocycles. The molecule has 0 heterocycles. The number of allylic oxidation sites excluding steroid dienone is 4. The van der Waals surface area contributed by atoms with E-state index in [0.29, 0.717) is 18.1 Å². The van der Waals surface area contributed by atoms with Gasteiger partial charge < -0.3 is 4.74 Å². The fraction of sp³-hybridized carbons (Fsp3) is 0.267. The lowest BCUT2D eigenvalue weighted by Crippen LogP contribution is -2.09. The van der Waals surface area contributed by atoms with Gasteiger partial charge in [-0.15, -0.1) is 0 Å². The second kappa shape index (κ2) is 4.59. The average molecular weight is 271 g/mol. The van der Waals surface area contributed by atoms with Gasteiger partial charge in [-0.05, 0) is 18.6 Å². The highest BCUT2D eigenvalue weighted by molar-refractivity contribution is 5.89. The van der Waals surface area contributed by atoms with Gasteiger partial charge in [-0.2, -0.15) is 0 Å². The van der Waals surface area contributed by atoms with Gasteiger partial charge in [0.1, 0.15) is 0 Å². The second-order valence-electron chi connectivity index (χ2n) is 5.13. The first-order valence-electron chi connectivity index (χ1n) is 6.39. The summed E-state index contributed by atoms with van der Waals surface area (Å²) in [4.78, 5) is 21.9. The Kier molecular flexibility index (Phi) is 2.89. The first-order valence-corrected chi connectivity index (χ1v) is 6.39. The topological polar surface area (TPSA) is 69.4 Å². The summed E-state index contributed by atoms with van der Waals surface area (Å²) in [5.74, 6) is -0.0904. The molecule has 2 aliphatic carbocycles. The number of nitrogens with zero attached hydrogens (tertiary/aromatic N) is 1. The van der Waals surface area contributed by atoms with Crippen LogP contribution in [-0.4, -0.2) is 17.5 Å². The van der Waals surface area contributed by atoms with Crippen molar-refractivity contribution in [3.8, 4) is 0 Å². The van der Waals surface area contributed by atoms with Crippen molar-refractivity contribution in [3.63, 3.8) is 0 Å². The van der Waals surface area contributed by atoms with Crippen molar-refractivity contribution in [1.82, 2.24) is 0 Å². The van der Waals surface area contributed by atoms with E-state index in [1.54, 1.807) is 0 Å². The molecule has 1 fully saturated rings. The average Bonchev–Trinajstić information content (AvgIpc) is 2.89. The molecule has 0 saturated heterocycles. The molecule has 1 aromatic carbocycles. The van der Waals surface area contributed by atoms with Gasteiger partial charge in [0, 0.05) is 23.5 Å². The van der Waals surface area contributed by atoms with Crippen molar-refractivity contribution in [2.24, 2.45) is 11.3 Å².